The van der Waals surface area contributed by atoms with Gasteiger partial charge in [-0.05, 0) is 49.9 Å². The van der Waals surface area contributed by atoms with Gasteiger partial charge in [0.2, 0.25) is 10.0 Å². The number of benzene rings is 1. The Morgan fingerprint density at radius 1 is 1.10 bits per heavy atom. The summed E-state index contributed by atoms with van der Waals surface area (Å²) >= 11 is 0. The summed E-state index contributed by atoms with van der Waals surface area (Å²) in [5.74, 6) is 0. The molecule has 0 saturated carbocycles. The van der Waals surface area contributed by atoms with Crippen molar-refractivity contribution in [2.24, 2.45) is 0 Å². The maximum atomic E-state index is 12.9. The molecule has 2 rings (SSSR count). The van der Waals surface area contributed by atoms with Crippen LogP contribution in [0, 0.1) is 27.7 Å². The Hall–Kier alpha value is -0.950. The summed E-state index contributed by atoms with van der Waals surface area (Å²) in [6, 6.07) is 2.02. The molecule has 0 N–H and O–H groups in total. The van der Waals surface area contributed by atoms with Crippen molar-refractivity contribution in [3.05, 3.63) is 28.3 Å². The molecule has 1 heterocycles. The van der Waals surface area contributed by atoms with Crippen molar-refractivity contribution in [1.82, 2.24) is 4.31 Å². The summed E-state index contributed by atoms with van der Waals surface area (Å²) in [6.45, 7) is 8.80. The highest BCUT2D eigenvalue weighted by molar-refractivity contribution is 7.89. The maximum absolute atomic E-state index is 12.9. The number of hydrogen-bond acceptors (Lipinski definition) is 4. The van der Waals surface area contributed by atoms with Crippen LogP contribution in [-0.4, -0.2) is 45.8 Å². The van der Waals surface area contributed by atoms with Gasteiger partial charge >= 0.3 is 0 Å². The van der Waals surface area contributed by atoms with E-state index in [0.29, 0.717) is 18.1 Å². The third kappa shape index (κ3) is 3.13. The summed E-state index contributed by atoms with van der Waals surface area (Å²) < 4.78 is 37.7. The van der Waals surface area contributed by atoms with Crippen molar-refractivity contribution in [2.45, 2.75) is 38.9 Å². The number of aryl methyl sites for hydroxylation is 2. The largest absolute Gasteiger partial charge is 0.349 e. The first kappa shape index (κ1) is 16.4. The van der Waals surface area contributed by atoms with Gasteiger partial charge in [-0.1, -0.05) is 6.07 Å². The average Bonchev–Trinajstić information content (AvgIpc) is 2.89. The van der Waals surface area contributed by atoms with Crippen molar-refractivity contribution >= 4 is 10.0 Å². The molecule has 0 aliphatic carbocycles. The molecule has 0 bridgehead atoms. The van der Waals surface area contributed by atoms with Crippen LogP contribution < -0.4 is 0 Å². The normalized spacial score (nSPS) is 16.9. The minimum Gasteiger partial charge on any atom is -0.349 e. The molecule has 0 spiro atoms. The molecular weight excluding hydrogens is 290 g/mol. The van der Waals surface area contributed by atoms with Crippen LogP contribution >= 0.6 is 0 Å². The van der Waals surface area contributed by atoms with E-state index in [1.807, 2.05) is 33.8 Å². The van der Waals surface area contributed by atoms with Crippen molar-refractivity contribution in [2.75, 3.05) is 26.8 Å². The van der Waals surface area contributed by atoms with Crippen molar-refractivity contribution in [3.8, 4) is 0 Å². The Balaban J connectivity index is 2.39. The van der Waals surface area contributed by atoms with Gasteiger partial charge in [0.15, 0.2) is 6.29 Å². The smallest absolute Gasteiger partial charge is 0.243 e. The first-order chi connectivity index (χ1) is 9.75. The highest BCUT2D eigenvalue weighted by atomic mass is 32.2. The summed E-state index contributed by atoms with van der Waals surface area (Å²) in [6.07, 6.45) is -0.476. The van der Waals surface area contributed by atoms with Gasteiger partial charge in [0.1, 0.15) is 0 Å². The zero-order valence-electron chi connectivity index (χ0n) is 13.3. The van der Waals surface area contributed by atoms with Crippen LogP contribution in [-0.2, 0) is 19.5 Å². The fourth-order valence-corrected chi connectivity index (χ4v) is 4.27. The van der Waals surface area contributed by atoms with Crippen LogP contribution in [0.2, 0.25) is 0 Å². The van der Waals surface area contributed by atoms with E-state index in [1.54, 1.807) is 7.05 Å². The van der Waals surface area contributed by atoms with Gasteiger partial charge < -0.3 is 9.47 Å². The lowest BCUT2D eigenvalue weighted by atomic mass is 10.0. The van der Waals surface area contributed by atoms with Crippen LogP contribution in [0.4, 0.5) is 0 Å². The van der Waals surface area contributed by atoms with Crippen LogP contribution in [0.3, 0.4) is 0 Å². The second kappa shape index (κ2) is 6.04. The first-order valence-corrected chi connectivity index (χ1v) is 8.46. The molecule has 21 heavy (non-hydrogen) atoms. The molecule has 1 fully saturated rings. The standard InChI is InChI=1S/C15H23NO4S/c1-10-8-11(2)13(4)15(12(10)3)21(17,18)16(5)9-14-19-6-7-20-14/h8,14H,6-7,9H2,1-5H3. The predicted octanol–water partition coefficient (Wildman–Crippen LogP) is 1.91. The molecule has 118 valence electrons. The van der Waals surface area contributed by atoms with E-state index in [0.717, 1.165) is 22.3 Å². The number of sulfonamides is 1. The Kier molecular flexibility index (Phi) is 4.72. The van der Waals surface area contributed by atoms with Gasteiger partial charge in [-0.3, -0.25) is 0 Å². The highest BCUT2D eigenvalue weighted by Crippen LogP contribution is 2.28. The molecule has 1 saturated heterocycles. The van der Waals surface area contributed by atoms with Crippen molar-refractivity contribution < 1.29 is 17.9 Å². The fraction of sp³-hybridized carbons (Fsp3) is 0.600. The monoisotopic (exact) mass is 313 g/mol. The van der Waals surface area contributed by atoms with Gasteiger partial charge in [0.05, 0.1) is 24.7 Å². The van der Waals surface area contributed by atoms with Crippen molar-refractivity contribution in [1.29, 1.82) is 0 Å². The molecule has 0 unspecified atom stereocenters. The fourth-order valence-electron chi connectivity index (χ4n) is 2.54. The van der Waals surface area contributed by atoms with E-state index in [4.69, 9.17) is 9.47 Å². The molecule has 6 heteroatoms. The zero-order valence-corrected chi connectivity index (χ0v) is 14.1. The molecule has 0 radical (unpaired) electrons. The lowest BCUT2D eigenvalue weighted by Gasteiger charge is -2.23. The van der Waals surface area contributed by atoms with Crippen LogP contribution in [0.15, 0.2) is 11.0 Å². The van der Waals surface area contributed by atoms with E-state index in [9.17, 15) is 8.42 Å². The Morgan fingerprint density at radius 2 is 1.57 bits per heavy atom. The minimum atomic E-state index is -3.56. The van der Waals surface area contributed by atoms with E-state index in [-0.39, 0.29) is 6.54 Å². The Bertz CT molecular complexity index is 607. The molecule has 1 aliphatic rings. The van der Waals surface area contributed by atoms with Crippen LogP contribution in [0.5, 0.6) is 0 Å². The number of ether oxygens (including phenoxy) is 2. The van der Waals surface area contributed by atoms with Crippen LogP contribution in [0.25, 0.3) is 0 Å². The Morgan fingerprint density at radius 3 is 2.05 bits per heavy atom. The lowest BCUT2D eigenvalue weighted by molar-refractivity contribution is -0.0482. The van der Waals surface area contributed by atoms with E-state index in [1.165, 1.54) is 4.31 Å². The van der Waals surface area contributed by atoms with Gasteiger partial charge in [0, 0.05) is 7.05 Å². The molecular formula is C15H23NO4S. The Labute approximate surface area is 126 Å². The topological polar surface area (TPSA) is 55.8 Å². The number of nitrogens with zero attached hydrogens (tertiary/aromatic N) is 1. The van der Waals surface area contributed by atoms with Crippen LogP contribution in [0.1, 0.15) is 22.3 Å². The molecule has 0 aromatic heterocycles. The van der Waals surface area contributed by atoms with E-state index in [2.05, 4.69) is 0 Å². The van der Waals surface area contributed by atoms with Crippen molar-refractivity contribution in [3.63, 3.8) is 0 Å². The summed E-state index contributed by atoms with van der Waals surface area (Å²) in [4.78, 5) is 0.403. The summed E-state index contributed by atoms with van der Waals surface area (Å²) in [5.41, 5.74) is 3.58. The summed E-state index contributed by atoms with van der Waals surface area (Å²) in [5, 5.41) is 0. The molecule has 0 atom stereocenters. The molecule has 1 aromatic carbocycles. The second-order valence-electron chi connectivity index (χ2n) is 5.55. The molecule has 0 amide bonds. The van der Waals surface area contributed by atoms with Gasteiger partial charge in [0.25, 0.3) is 0 Å². The quantitative estimate of drug-likeness (QED) is 0.852. The predicted molar refractivity (Wildman–Crippen MR) is 80.9 cm³/mol. The maximum Gasteiger partial charge on any atom is 0.243 e. The zero-order chi connectivity index (χ0) is 15.8. The third-order valence-corrected chi connectivity index (χ3v) is 6.16. The SMILES string of the molecule is Cc1cc(C)c(C)c(S(=O)(=O)N(C)CC2OCCO2)c1C. The molecule has 5 nitrogen and oxygen atoms in total. The van der Waals surface area contributed by atoms with E-state index >= 15 is 0 Å². The van der Waals surface area contributed by atoms with Gasteiger partial charge in [-0.15, -0.1) is 0 Å². The highest BCUT2D eigenvalue weighted by Gasteiger charge is 2.29. The van der Waals surface area contributed by atoms with Gasteiger partial charge in [-0.2, -0.15) is 4.31 Å². The number of hydrogen-bond donors (Lipinski definition) is 0. The molecule has 1 aliphatic heterocycles. The number of rotatable bonds is 4. The van der Waals surface area contributed by atoms with E-state index < -0.39 is 16.3 Å². The second-order valence-corrected chi connectivity index (χ2v) is 7.53. The van der Waals surface area contributed by atoms with Gasteiger partial charge in [-0.25, -0.2) is 8.42 Å². The summed E-state index contributed by atoms with van der Waals surface area (Å²) in [7, 11) is -1.99. The minimum absolute atomic E-state index is 0.203. The molecule has 1 aromatic rings. The average molecular weight is 313 g/mol. The third-order valence-electron chi connectivity index (χ3n) is 4.06. The number of likely N-dealkylation sites (N-methyl/N-ethyl adjacent to an activating group) is 1. The lowest BCUT2D eigenvalue weighted by Crippen LogP contribution is -2.35. The first-order valence-electron chi connectivity index (χ1n) is 7.02.